The minimum atomic E-state index is 0.125. The monoisotopic (exact) mass is 388 g/mol. The van der Waals surface area contributed by atoms with E-state index in [0.717, 1.165) is 25.0 Å². The summed E-state index contributed by atoms with van der Waals surface area (Å²) in [6, 6.07) is 0. The molecule has 0 bridgehead atoms. The molecule has 0 aromatic rings. The van der Waals surface area contributed by atoms with Gasteiger partial charge in [-0.25, -0.2) is 0 Å². The van der Waals surface area contributed by atoms with Crippen LogP contribution in [0.3, 0.4) is 0 Å². The summed E-state index contributed by atoms with van der Waals surface area (Å²) in [5, 5.41) is 0. The van der Waals surface area contributed by atoms with E-state index in [1.54, 1.807) is 6.08 Å². The van der Waals surface area contributed by atoms with E-state index >= 15 is 0 Å². The normalized spacial score (nSPS) is 37.3. The first-order chi connectivity index (χ1) is 9.17. The number of hydrogen-bond acceptors (Lipinski definition) is 2. The van der Waals surface area contributed by atoms with Gasteiger partial charge in [0.15, 0.2) is 0 Å². The first-order valence-electron chi connectivity index (χ1n) is 6.58. The lowest BCUT2D eigenvalue weighted by atomic mass is 10.1. The van der Waals surface area contributed by atoms with Crippen molar-refractivity contribution in [1.29, 1.82) is 0 Å². The number of rotatable bonds is 4. The van der Waals surface area contributed by atoms with Gasteiger partial charge in [0.05, 0.1) is 6.10 Å². The Bertz CT molecular complexity index is 411. The summed E-state index contributed by atoms with van der Waals surface area (Å²) < 4.78 is 12.1. The number of allylic oxidation sites excluding steroid dienone is 3. The van der Waals surface area contributed by atoms with Gasteiger partial charge in [0.25, 0.3) is 0 Å². The van der Waals surface area contributed by atoms with Crippen molar-refractivity contribution in [2.75, 3.05) is 0 Å². The molecule has 104 valence electrons. The molecule has 2 fully saturated rings. The average molecular weight is 390 g/mol. The van der Waals surface area contributed by atoms with E-state index in [1.165, 1.54) is 0 Å². The Labute approximate surface area is 131 Å². The highest BCUT2D eigenvalue weighted by molar-refractivity contribution is 9.09. The molecule has 0 aromatic heterocycles. The molecule has 2 aliphatic heterocycles. The van der Waals surface area contributed by atoms with Crippen LogP contribution in [0, 0.1) is 12.3 Å². The van der Waals surface area contributed by atoms with Crippen LogP contribution in [0.5, 0.6) is 0 Å². The fourth-order valence-corrected chi connectivity index (χ4v) is 3.56. The molecule has 0 N–H and O–H groups in total. The maximum Gasteiger partial charge on any atom is 0.128 e. The molecule has 0 radical (unpaired) electrons. The molecule has 0 aliphatic carbocycles. The minimum Gasteiger partial charge on any atom is -0.491 e. The Hall–Kier alpha value is -0.240. The van der Waals surface area contributed by atoms with Gasteiger partial charge >= 0.3 is 0 Å². The second-order valence-electron chi connectivity index (χ2n) is 4.77. The van der Waals surface area contributed by atoms with Gasteiger partial charge in [-0.15, -0.1) is 6.42 Å². The van der Waals surface area contributed by atoms with E-state index in [1.807, 2.05) is 6.08 Å². The molecule has 19 heavy (non-hydrogen) atoms. The standard InChI is InChI=1S/C15H18Br2O2/c1-3-5-6-7-8-11-14(17)15-13(18-11)9-12(19-15)10(16)4-2/h1,5-6,8,10,12-15H,4,7,9H2,2H3/b6-5-,11-8+/t10-,12?,13-,14+,15+/m0/s1. The molecule has 0 aromatic carbocycles. The molecule has 4 heteroatoms. The van der Waals surface area contributed by atoms with Crippen molar-refractivity contribution in [3.05, 3.63) is 24.0 Å². The second-order valence-corrected chi connectivity index (χ2v) is 6.93. The number of ether oxygens (including phenoxy) is 2. The van der Waals surface area contributed by atoms with Crippen molar-refractivity contribution < 1.29 is 9.47 Å². The van der Waals surface area contributed by atoms with Crippen LogP contribution in [0.4, 0.5) is 0 Å². The Kier molecular flexibility index (Phi) is 5.56. The summed E-state index contributed by atoms with van der Waals surface area (Å²) in [5.41, 5.74) is 0. The molecular formula is C15H18Br2O2. The molecule has 2 heterocycles. The van der Waals surface area contributed by atoms with Crippen LogP contribution in [0.1, 0.15) is 26.2 Å². The third kappa shape index (κ3) is 3.45. The molecule has 0 amide bonds. The molecule has 2 aliphatic rings. The van der Waals surface area contributed by atoms with Crippen LogP contribution in [0.2, 0.25) is 0 Å². The first kappa shape index (κ1) is 15.2. The van der Waals surface area contributed by atoms with Crippen LogP contribution in [-0.4, -0.2) is 28.0 Å². The van der Waals surface area contributed by atoms with Crippen molar-refractivity contribution in [2.24, 2.45) is 0 Å². The fraction of sp³-hybridized carbons (Fsp3) is 0.600. The Morgan fingerprint density at radius 1 is 1.58 bits per heavy atom. The van der Waals surface area contributed by atoms with E-state index in [2.05, 4.69) is 50.8 Å². The highest BCUT2D eigenvalue weighted by Gasteiger charge is 2.49. The molecular weight excluding hydrogens is 372 g/mol. The highest BCUT2D eigenvalue weighted by atomic mass is 79.9. The molecule has 2 nitrogen and oxygen atoms in total. The number of fused-ring (bicyclic) bond motifs is 1. The van der Waals surface area contributed by atoms with Gasteiger partial charge in [-0.1, -0.05) is 50.8 Å². The number of alkyl halides is 2. The summed E-state index contributed by atoms with van der Waals surface area (Å²) in [7, 11) is 0. The van der Waals surface area contributed by atoms with Crippen molar-refractivity contribution in [3.8, 4) is 12.3 Å². The van der Waals surface area contributed by atoms with Crippen LogP contribution in [-0.2, 0) is 9.47 Å². The van der Waals surface area contributed by atoms with Crippen molar-refractivity contribution in [3.63, 3.8) is 0 Å². The Morgan fingerprint density at radius 2 is 2.37 bits per heavy atom. The Balaban J connectivity index is 1.93. The SMILES string of the molecule is C#C/C=C\C/C=C1/O[C@H]2CC([C@@H](Br)CC)O[C@H]2[C@@H]1Br. The lowest BCUT2D eigenvalue weighted by molar-refractivity contribution is 0.0416. The van der Waals surface area contributed by atoms with Crippen molar-refractivity contribution in [2.45, 2.75) is 54.2 Å². The third-order valence-electron chi connectivity index (χ3n) is 3.47. The topological polar surface area (TPSA) is 18.5 Å². The minimum absolute atomic E-state index is 0.125. The van der Waals surface area contributed by atoms with Gasteiger partial charge < -0.3 is 9.47 Å². The zero-order chi connectivity index (χ0) is 13.8. The maximum absolute atomic E-state index is 6.10. The van der Waals surface area contributed by atoms with Crippen LogP contribution in [0.25, 0.3) is 0 Å². The van der Waals surface area contributed by atoms with Crippen LogP contribution in [0.15, 0.2) is 24.0 Å². The van der Waals surface area contributed by atoms with Gasteiger partial charge in [0.2, 0.25) is 0 Å². The van der Waals surface area contributed by atoms with Crippen LogP contribution >= 0.6 is 31.9 Å². The quantitative estimate of drug-likeness (QED) is 0.535. The Morgan fingerprint density at radius 3 is 3.00 bits per heavy atom. The molecule has 5 atom stereocenters. The highest BCUT2D eigenvalue weighted by Crippen LogP contribution is 2.42. The van der Waals surface area contributed by atoms with Gasteiger partial charge in [-0.05, 0) is 25.0 Å². The van der Waals surface area contributed by atoms with Gasteiger partial charge in [0.1, 0.15) is 22.8 Å². The summed E-state index contributed by atoms with van der Waals surface area (Å²) in [6.07, 6.45) is 14.2. The maximum atomic E-state index is 6.10. The summed E-state index contributed by atoms with van der Waals surface area (Å²) >= 11 is 7.35. The van der Waals surface area contributed by atoms with E-state index in [-0.39, 0.29) is 23.1 Å². The average Bonchev–Trinajstić information content (AvgIpc) is 2.95. The molecule has 1 unspecified atom stereocenters. The van der Waals surface area contributed by atoms with E-state index in [4.69, 9.17) is 15.9 Å². The lowest BCUT2D eigenvalue weighted by Crippen LogP contribution is -2.25. The summed E-state index contributed by atoms with van der Waals surface area (Å²) in [6.45, 7) is 2.16. The molecule has 0 spiro atoms. The third-order valence-corrected chi connectivity index (χ3v) is 5.68. The number of halogens is 2. The molecule has 0 saturated carbocycles. The van der Waals surface area contributed by atoms with E-state index < -0.39 is 0 Å². The summed E-state index contributed by atoms with van der Waals surface area (Å²) in [4.78, 5) is 0.561. The number of hydrogen-bond donors (Lipinski definition) is 0. The van der Waals surface area contributed by atoms with Gasteiger partial charge in [-0.3, -0.25) is 0 Å². The number of terminal acetylenes is 1. The van der Waals surface area contributed by atoms with Crippen LogP contribution < -0.4 is 0 Å². The molecule has 2 saturated heterocycles. The largest absolute Gasteiger partial charge is 0.491 e. The second kappa shape index (κ2) is 6.97. The fourth-order valence-electron chi connectivity index (χ4n) is 2.46. The van der Waals surface area contributed by atoms with Gasteiger partial charge in [0, 0.05) is 11.2 Å². The zero-order valence-electron chi connectivity index (χ0n) is 10.9. The van der Waals surface area contributed by atoms with E-state index in [9.17, 15) is 0 Å². The lowest BCUT2D eigenvalue weighted by Gasteiger charge is -2.18. The first-order valence-corrected chi connectivity index (χ1v) is 8.42. The van der Waals surface area contributed by atoms with Gasteiger partial charge in [-0.2, -0.15) is 0 Å². The zero-order valence-corrected chi connectivity index (χ0v) is 14.1. The summed E-state index contributed by atoms with van der Waals surface area (Å²) in [5.74, 6) is 3.45. The van der Waals surface area contributed by atoms with Crippen molar-refractivity contribution in [1.82, 2.24) is 0 Å². The van der Waals surface area contributed by atoms with Crippen molar-refractivity contribution >= 4 is 31.9 Å². The van der Waals surface area contributed by atoms with E-state index in [0.29, 0.717) is 4.83 Å². The predicted octanol–water partition coefficient (Wildman–Crippen LogP) is 3.94. The smallest absolute Gasteiger partial charge is 0.128 e. The predicted molar refractivity (Wildman–Crippen MR) is 84.5 cm³/mol. The molecule has 2 rings (SSSR count).